The monoisotopic (exact) mass is 445 g/mol. The largest absolute Gasteiger partial charge is 0.481 e. The smallest absolute Gasteiger partial charge is 0.303 e. The number of hydrogen-bond donors (Lipinski definition) is 1. The Bertz CT molecular complexity index is 1220. The molecule has 1 aromatic carbocycles. The van der Waals surface area contributed by atoms with Crippen molar-refractivity contribution in [2.24, 2.45) is 0 Å². The van der Waals surface area contributed by atoms with Gasteiger partial charge in [-0.15, -0.1) is 0 Å². The maximum atomic E-state index is 10.7. The normalized spacial score (nSPS) is 12.1. The van der Waals surface area contributed by atoms with Crippen LogP contribution in [0.2, 0.25) is 0 Å². The molecule has 0 aliphatic rings. The van der Waals surface area contributed by atoms with Crippen LogP contribution >= 0.6 is 0 Å². The van der Waals surface area contributed by atoms with Crippen LogP contribution in [-0.4, -0.2) is 32.1 Å². The van der Waals surface area contributed by atoms with Crippen molar-refractivity contribution in [3.8, 4) is 28.5 Å². The zero-order chi connectivity index (χ0) is 23.2. The van der Waals surface area contributed by atoms with Crippen LogP contribution < -0.4 is 4.74 Å². The number of benzene rings is 1. The van der Waals surface area contributed by atoms with Crippen LogP contribution in [0.1, 0.15) is 45.1 Å². The first-order chi connectivity index (χ1) is 16.1. The fourth-order valence-corrected chi connectivity index (χ4v) is 3.81. The van der Waals surface area contributed by atoms with E-state index in [1.165, 1.54) is 11.9 Å². The first kappa shape index (κ1) is 22.5. The summed E-state index contributed by atoms with van der Waals surface area (Å²) in [6.45, 7) is 4.09. The molecule has 7 heteroatoms. The lowest BCUT2D eigenvalue weighted by molar-refractivity contribution is -0.137. The van der Waals surface area contributed by atoms with Crippen molar-refractivity contribution in [3.63, 3.8) is 0 Å². The van der Waals surface area contributed by atoms with E-state index in [0.29, 0.717) is 34.9 Å². The van der Waals surface area contributed by atoms with Gasteiger partial charge in [0.05, 0.1) is 6.10 Å². The van der Waals surface area contributed by atoms with E-state index in [1.807, 2.05) is 25.1 Å². The van der Waals surface area contributed by atoms with Gasteiger partial charge in [-0.25, -0.2) is 9.97 Å². The molecule has 0 aliphatic heterocycles. The molecule has 3 aromatic heterocycles. The molecular formula is C26H27N3O4. The Balaban J connectivity index is 1.74. The van der Waals surface area contributed by atoms with E-state index in [-0.39, 0.29) is 12.5 Å². The molecule has 0 radical (unpaired) electrons. The molecule has 3 heterocycles. The summed E-state index contributed by atoms with van der Waals surface area (Å²) in [5, 5.41) is 9.54. The lowest BCUT2D eigenvalue weighted by atomic mass is 9.99. The van der Waals surface area contributed by atoms with Gasteiger partial charge in [-0.2, -0.15) is 0 Å². The van der Waals surface area contributed by atoms with E-state index in [4.69, 9.17) is 14.3 Å². The van der Waals surface area contributed by atoms with Gasteiger partial charge in [0.1, 0.15) is 17.4 Å². The minimum Gasteiger partial charge on any atom is -0.481 e. The molecule has 0 fully saturated rings. The second-order valence-corrected chi connectivity index (χ2v) is 8.00. The Hall–Kier alpha value is -3.74. The Morgan fingerprint density at radius 3 is 2.61 bits per heavy atom. The topological polar surface area (TPSA) is 98.3 Å². The summed E-state index contributed by atoms with van der Waals surface area (Å²) < 4.78 is 12.4. The number of rotatable bonds is 10. The van der Waals surface area contributed by atoms with E-state index in [9.17, 15) is 4.79 Å². The number of ether oxygens (including phenoxy) is 1. The van der Waals surface area contributed by atoms with Crippen LogP contribution in [0.15, 0.2) is 59.4 Å². The highest BCUT2D eigenvalue weighted by Gasteiger charge is 2.24. The molecule has 1 N–H and O–H groups in total. The summed E-state index contributed by atoms with van der Waals surface area (Å²) in [7, 11) is 0. The van der Waals surface area contributed by atoms with Crippen LogP contribution in [0.3, 0.4) is 0 Å². The summed E-state index contributed by atoms with van der Waals surface area (Å²) in [5.74, 6) is 0.292. The van der Waals surface area contributed by atoms with Crippen LogP contribution in [0, 0.1) is 0 Å². The van der Waals surface area contributed by atoms with E-state index in [1.54, 1.807) is 6.20 Å². The molecule has 0 spiro atoms. The van der Waals surface area contributed by atoms with Gasteiger partial charge in [0, 0.05) is 18.2 Å². The molecule has 0 saturated carbocycles. The molecule has 170 valence electrons. The average molecular weight is 446 g/mol. The van der Waals surface area contributed by atoms with Crippen LogP contribution in [0.4, 0.5) is 0 Å². The minimum absolute atomic E-state index is 0.139. The lowest BCUT2D eigenvalue weighted by Crippen LogP contribution is -2.13. The van der Waals surface area contributed by atoms with Crippen molar-refractivity contribution in [1.82, 2.24) is 15.0 Å². The predicted molar refractivity (Wildman–Crippen MR) is 126 cm³/mol. The Kier molecular flexibility index (Phi) is 6.98. The third kappa shape index (κ3) is 5.19. The van der Waals surface area contributed by atoms with Gasteiger partial charge in [0.15, 0.2) is 5.76 Å². The average Bonchev–Trinajstić information content (AvgIpc) is 3.23. The molecule has 0 bridgehead atoms. The van der Waals surface area contributed by atoms with Crippen molar-refractivity contribution in [1.29, 1.82) is 0 Å². The number of pyridine rings is 1. The maximum absolute atomic E-state index is 10.7. The van der Waals surface area contributed by atoms with Crippen molar-refractivity contribution < 1.29 is 19.1 Å². The SMILES string of the molecule is CCc1ccc(-c2c(-c3ccccn3)oc3ncnc(O[C@H](C)CCCCC(=O)O)c23)cc1. The zero-order valence-corrected chi connectivity index (χ0v) is 18.8. The molecule has 4 rings (SSSR count). The van der Waals surface area contributed by atoms with Gasteiger partial charge >= 0.3 is 5.97 Å². The van der Waals surface area contributed by atoms with E-state index < -0.39 is 5.97 Å². The van der Waals surface area contributed by atoms with Gasteiger partial charge in [-0.05, 0) is 55.9 Å². The van der Waals surface area contributed by atoms with Crippen molar-refractivity contribution >= 4 is 17.1 Å². The molecule has 4 aromatic rings. The number of aliphatic carboxylic acids is 1. The fraction of sp³-hybridized carbons (Fsp3) is 0.308. The number of unbranched alkanes of at least 4 members (excludes halogenated alkanes) is 1. The van der Waals surface area contributed by atoms with Gasteiger partial charge < -0.3 is 14.3 Å². The second kappa shape index (κ2) is 10.3. The Labute approximate surface area is 192 Å². The minimum atomic E-state index is -0.778. The Morgan fingerprint density at radius 2 is 1.91 bits per heavy atom. The van der Waals surface area contributed by atoms with E-state index in [2.05, 4.69) is 46.1 Å². The first-order valence-corrected chi connectivity index (χ1v) is 11.2. The van der Waals surface area contributed by atoms with Crippen LogP contribution in [0.25, 0.3) is 33.7 Å². The number of carboxylic acids is 1. The molecule has 0 aliphatic carbocycles. The summed E-state index contributed by atoms with van der Waals surface area (Å²) >= 11 is 0. The van der Waals surface area contributed by atoms with Crippen LogP contribution in [0.5, 0.6) is 5.88 Å². The predicted octanol–water partition coefficient (Wildman–Crippen LogP) is 5.93. The Morgan fingerprint density at radius 1 is 1.09 bits per heavy atom. The molecule has 33 heavy (non-hydrogen) atoms. The molecule has 1 atom stereocenters. The number of aryl methyl sites for hydroxylation is 1. The summed E-state index contributed by atoms with van der Waals surface area (Å²) in [5.41, 5.74) is 4.21. The van der Waals surface area contributed by atoms with Crippen LogP contribution in [-0.2, 0) is 11.2 Å². The summed E-state index contributed by atoms with van der Waals surface area (Å²) in [6, 6.07) is 14.0. The molecule has 0 saturated heterocycles. The zero-order valence-electron chi connectivity index (χ0n) is 18.8. The van der Waals surface area contributed by atoms with E-state index in [0.717, 1.165) is 30.4 Å². The van der Waals surface area contributed by atoms with E-state index >= 15 is 0 Å². The number of furan rings is 1. The highest BCUT2D eigenvalue weighted by Crippen LogP contribution is 2.43. The number of carbonyl (C=O) groups is 1. The second-order valence-electron chi connectivity index (χ2n) is 8.00. The fourth-order valence-electron chi connectivity index (χ4n) is 3.81. The lowest BCUT2D eigenvalue weighted by Gasteiger charge is -2.14. The maximum Gasteiger partial charge on any atom is 0.303 e. The third-order valence-corrected chi connectivity index (χ3v) is 5.57. The number of fused-ring (bicyclic) bond motifs is 1. The van der Waals surface area contributed by atoms with Crippen molar-refractivity contribution in [3.05, 3.63) is 60.6 Å². The number of aromatic nitrogens is 3. The summed E-state index contributed by atoms with van der Waals surface area (Å²) in [4.78, 5) is 24.0. The third-order valence-electron chi connectivity index (χ3n) is 5.57. The van der Waals surface area contributed by atoms with Gasteiger partial charge in [-0.1, -0.05) is 37.3 Å². The number of carboxylic acid groups (broad SMARTS) is 1. The van der Waals surface area contributed by atoms with Gasteiger partial charge in [0.25, 0.3) is 0 Å². The van der Waals surface area contributed by atoms with Crippen molar-refractivity contribution in [2.45, 2.75) is 52.1 Å². The number of hydrogen-bond acceptors (Lipinski definition) is 6. The molecule has 7 nitrogen and oxygen atoms in total. The number of nitrogens with zero attached hydrogens (tertiary/aromatic N) is 3. The van der Waals surface area contributed by atoms with Gasteiger partial charge in [0.2, 0.25) is 11.6 Å². The van der Waals surface area contributed by atoms with Crippen molar-refractivity contribution in [2.75, 3.05) is 0 Å². The molecule has 0 amide bonds. The van der Waals surface area contributed by atoms with Gasteiger partial charge in [-0.3, -0.25) is 9.78 Å². The quantitative estimate of drug-likeness (QED) is 0.302. The first-order valence-electron chi connectivity index (χ1n) is 11.2. The molecular weight excluding hydrogens is 418 g/mol. The standard InChI is InChI=1S/C26H27N3O4/c1-3-18-11-13-19(14-12-18)22-23-25(32-17(2)8-4-5-10-21(30)31)28-16-29-26(23)33-24(22)20-9-6-7-15-27-20/h6-7,9,11-17H,3-5,8,10H2,1-2H3,(H,30,31)/t17-/m1/s1. The molecule has 0 unspecified atom stereocenters. The highest BCUT2D eigenvalue weighted by atomic mass is 16.5. The highest BCUT2D eigenvalue weighted by molar-refractivity contribution is 6.02. The summed E-state index contributed by atoms with van der Waals surface area (Å²) in [6.07, 6.45) is 6.25.